The van der Waals surface area contributed by atoms with E-state index < -0.39 is 9.84 Å². The zero-order chi connectivity index (χ0) is 12.8. The molecule has 2 aromatic rings. The van der Waals surface area contributed by atoms with Gasteiger partial charge in [-0.15, -0.1) is 0 Å². The highest BCUT2D eigenvalue weighted by Crippen LogP contribution is 2.29. The van der Waals surface area contributed by atoms with Crippen LogP contribution in [0.3, 0.4) is 0 Å². The molecule has 1 N–H and O–H groups in total. The molecular formula is C12H14N2O3S. The van der Waals surface area contributed by atoms with Gasteiger partial charge in [0.1, 0.15) is 21.4 Å². The molecule has 1 aliphatic heterocycles. The van der Waals surface area contributed by atoms with Crippen molar-refractivity contribution >= 4 is 15.4 Å². The number of hydrogen-bond donors (Lipinski definition) is 1. The minimum Gasteiger partial charge on any atom is -0.506 e. The molecule has 0 aromatic carbocycles. The fraction of sp³-hybridized carbons (Fsp3) is 0.417. The third-order valence-electron chi connectivity index (χ3n) is 3.46. The van der Waals surface area contributed by atoms with Crippen LogP contribution in [0.5, 0.6) is 5.75 Å². The maximum atomic E-state index is 11.4. The van der Waals surface area contributed by atoms with Crippen LogP contribution in [-0.2, 0) is 9.84 Å². The van der Waals surface area contributed by atoms with Gasteiger partial charge in [0.2, 0.25) is 0 Å². The van der Waals surface area contributed by atoms with Crippen LogP contribution in [-0.4, -0.2) is 34.4 Å². The van der Waals surface area contributed by atoms with Crippen LogP contribution in [0.15, 0.2) is 24.5 Å². The number of imidazole rings is 1. The SMILES string of the molecule is O=S1(=O)CCC(c2ncc3ccc(O)cn23)CC1. The number of pyridine rings is 1. The summed E-state index contributed by atoms with van der Waals surface area (Å²) in [6.07, 6.45) is 4.59. The third-order valence-corrected chi connectivity index (χ3v) is 5.18. The standard InChI is InChI=1S/C12H14N2O3S/c15-11-2-1-10-7-13-12(14(10)8-11)9-3-5-18(16,17)6-4-9/h1-2,7-9,15H,3-6H2. The van der Waals surface area contributed by atoms with E-state index in [0.717, 1.165) is 11.3 Å². The van der Waals surface area contributed by atoms with E-state index in [9.17, 15) is 13.5 Å². The summed E-state index contributed by atoms with van der Waals surface area (Å²) in [6, 6.07) is 3.41. The predicted molar refractivity (Wildman–Crippen MR) is 67.5 cm³/mol. The molecule has 3 heterocycles. The summed E-state index contributed by atoms with van der Waals surface area (Å²) < 4.78 is 24.7. The molecular weight excluding hydrogens is 252 g/mol. The minimum atomic E-state index is -2.85. The first-order chi connectivity index (χ1) is 8.55. The minimum absolute atomic E-state index is 0.151. The Morgan fingerprint density at radius 3 is 2.72 bits per heavy atom. The van der Waals surface area contributed by atoms with Crippen molar-refractivity contribution in [2.24, 2.45) is 0 Å². The number of aromatic nitrogens is 2. The summed E-state index contributed by atoms with van der Waals surface area (Å²) in [7, 11) is -2.85. The van der Waals surface area contributed by atoms with Gasteiger partial charge in [0, 0.05) is 5.92 Å². The van der Waals surface area contributed by atoms with Crippen molar-refractivity contribution in [1.82, 2.24) is 9.38 Å². The Kier molecular flexibility index (Phi) is 2.55. The van der Waals surface area contributed by atoms with Crippen LogP contribution in [0.4, 0.5) is 0 Å². The molecule has 2 aromatic heterocycles. The monoisotopic (exact) mass is 266 g/mol. The van der Waals surface area contributed by atoms with Crippen LogP contribution in [0.1, 0.15) is 24.6 Å². The van der Waals surface area contributed by atoms with E-state index in [2.05, 4.69) is 4.98 Å². The Morgan fingerprint density at radius 2 is 2.00 bits per heavy atom. The summed E-state index contributed by atoms with van der Waals surface area (Å²) in [6.45, 7) is 0. The molecule has 0 spiro atoms. The summed E-state index contributed by atoms with van der Waals surface area (Å²) in [5.74, 6) is 1.63. The molecule has 6 heteroatoms. The highest BCUT2D eigenvalue weighted by molar-refractivity contribution is 7.91. The molecule has 0 amide bonds. The van der Waals surface area contributed by atoms with E-state index in [1.165, 1.54) is 0 Å². The zero-order valence-electron chi connectivity index (χ0n) is 9.78. The van der Waals surface area contributed by atoms with Crippen LogP contribution in [0, 0.1) is 0 Å². The molecule has 0 atom stereocenters. The average molecular weight is 266 g/mol. The van der Waals surface area contributed by atoms with Crippen molar-refractivity contribution in [3.63, 3.8) is 0 Å². The summed E-state index contributed by atoms with van der Waals surface area (Å²) in [4.78, 5) is 4.36. The molecule has 1 fully saturated rings. The second-order valence-corrected chi connectivity index (χ2v) is 7.03. The lowest BCUT2D eigenvalue weighted by Gasteiger charge is -2.20. The lowest BCUT2D eigenvalue weighted by atomic mass is 10.0. The summed E-state index contributed by atoms with van der Waals surface area (Å²) >= 11 is 0. The molecule has 0 radical (unpaired) electrons. The van der Waals surface area contributed by atoms with E-state index in [-0.39, 0.29) is 23.2 Å². The second kappa shape index (κ2) is 3.98. The Labute approximate surface area is 105 Å². The molecule has 0 bridgehead atoms. The van der Waals surface area contributed by atoms with Crippen molar-refractivity contribution < 1.29 is 13.5 Å². The predicted octanol–water partition coefficient (Wildman–Crippen LogP) is 1.33. The maximum Gasteiger partial charge on any atom is 0.150 e. The van der Waals surface area contributed by atoms with Crippen molar-refractivity contribution in [2.45, 2.75) is 18.8 Å². The Bertz CT molecular complexity index is 676. The number of rotatable bonds is 1. The highest BCUT2D eigenvalue weighted by Gasteiger charge is 2.27. The van der Waals surface area contributed by atoms with Crippen LogP contribution >= 0.6 is 0 Å². The summed E-state index contributed by atoms with van der Waals surface area (Å²) in [5, 5.41) is 9.51. The van der Waals surface area contributed by atoms with Crippen molar-refractivity contribution in [1.29, 1.82) is 0 Å². The second-order valence-electron chi connectivity index (χ2n) is 4.72. The van der Waals surface area contributed by atoms with Gasteiger partial charge >= 0.3 is 0 Å². The van der Waals surface area contributed by atoms with Gasteiger partial charge in [-0.3, -0.25) is 4.40 Å². The molecule has 0 unspecified atom stereocenters. The van der Waals surface area contributed by atoms with Gasteiger partial charge < -0.3 is 5.11 Å². The Balaban J connectivity index is 1.98. The molecule has 1 aliphatic rings. The van der Waals surface area contributed by atoms with E-state index in [1.807, 2.05) is 4.40 Å². The fourth-order valence-corrected chi connectivity index (χ4v) is 3.94. The Hall–Kier alpha value is -1.56. The third kappa shape index (κ3) is 1.96. The van der Waals surface area contributed by atoms with Crippen molar-refractivity contribution in [2.75, 3.05) is 11.5 Å². The molecule has 5 nitrogen and oxygen atoms in total. The Morgan fingerprint density at radius 1 is 1.28 bits per heavy atom. The number of fused-ring (bicyclic) bond motifs is 1. The molecule has 0 saturated carbocycles. The maximum absolute atomic E-state index is 11.4. The van der Waals surface area contributed by atoms with Crippen molar-refractivity contribution in [3.8, 4) is 5.75 Å². The quantitative estimate of drug-likeness (QED) is 0.845. The number of sulfone groups is 1. The van der Waals surface area contributed by atoms with Crippen LogP contribution < -0.4 is 0 Å². The van der Waals surface area contributed by atoms with Gasteiger partial charge in [0.15, 0.2) is 0 Å². The fourth-order valence-electron chi connectivity index (χ4n) is 2.45. The van der Waals surface area contributed by atoms with Gasteiger partial charge in [-0.2, -0.15) is 0 Å². The first-order valence-electron chi connectivity index (χ1n) is 5.91. The smallest absolute Gasteiger partial charge is 0.150 e. The molecule has 0 aliphatic carbocycles. The number of nitrogens with zero attached hydrogens (tertiary/aromatic N) is 2. The lowest BCUT2D eigenvalue weighted by molar-refractivity contribution is 0.470. The summed E-state index contributed by atoms with van der Waals surface area (Å²) in [5.41, 5.74) is 0.913. The lowest BCUT2D eigenvalue weighted by Crippen LogP contribution is -2.23. The van der Waals surface area contributed by atoms with Gasteiger partial charge in [0.25, 0.3) is 0 Å². The molecule has 18 heavy (non-hydrogen) atoms. The largest absolute Gasteiger partial charge is 0.506 e. The molecule has 1 saturated heterocycles. The van der Waals surface area contributed by atoms with Gasteiger partial charge in [-0.25, -0.2) is 13.4 Å². The normalized spacial score (nSPS) is 20.2. The van der Waals surface area contributed by atoms with E-state index in [0.29, 0.717) is 12.8 Å². The van der Waals surface area contributed by atoms with E-state index in [4.69, 9.17) is 0 Å². The van der Waals surface area contributed by atoms with Gasteiger partial charge in [-0.05, 0) is 25.0 Å². The van der Waals surface area contributed by atoms with E-state index >= 15 is 0 Å². The van der Waals surface area contributed by atoms with Gasteiger partial charge in [-0.1, -0.05) is 0 Å². The van der Waals surface area contributed by atoms with Crippen LogP contribution in [0.2, 0.25) is 0 Å². The number of hydrogen-bond acceptors (Lipinski definition) is 4. The van der Waals surface area contributed by atoms with Gasteiger partial charge in [0.05, 0.1) is 29.4 Å². The van der Waals surface area contributed by atoms with E-state index in [1.54, 1.807) is 24.5 Å². The first-order valence-corrected chi connectivity index (χ1v) is 7.74. The van der Waals surface area contributed by atoms with Crippen LogP contribution in [0.25, 0.3) is 5.52 Å². The zero-order valence-corrected chi connectivity index (χ0v) is 10.6. The number of aromatic hydroxyl groups is 1. The average Bonchev–Trinajstić information content (AvgIpc) is 2.72. The topological polar surface area (TPSA) is 71.7 Å². The van der Waals surface area contributed by atoms with Crippen molar-refractivity contribution in [3.05, 3.63) is 30.4 Å². The highest BCUT2D eigenvalue weighted by atomic mass is 32.2. The molecule has 96 valence electrons. The molecule has 3 rings (SSSR count). The first kappa shape index (κ1) is 11.5.